The number of halogens is 1. The summed E-state index contributed by atoms with van der Waals surface area (Å²) in [7, 11) is 1.51. The third kappa shape index (κ3) is 3.88. The number of urea groups is 1. The molecule has 1 fully saturated rings. The lowest BCUT2D eigenvalue weighted by atomic mass is 9.88. The van der Waals surface area contributed by atoms with Crippen molar-refractivity contribution in [2.45, 2.75) is 31.2 Å². The van der Waals surface area contributed by atoms with Crippen LogP contribution < -0.4 is 16.0 Å². The Labute approximate surface area is 129 Å². The molecule has 3 N–H and O–H groups in total. The molecule has 1 aromatic rings. The highest BCUT2D eigenvalue weighted by Gasteiger charge is 2.37. The van der Waals surface area contributed by atoms with Gasteiger partial charge in [0.05, 0.1) is 12.1 Å². The maximum Gasteiger partial charge on any atom is 0.314 e. The van der Waals surface area contributed by atoms with Gasteiger partial charge in [0.25, 0.3) is 0 Å². The summed E-state index contributed by atoms with van der Waals surface area (Å²) in [6.45, 7) is -0.0397. The van der Waals surface area contributed by atoms with Gasteiger partial charge in [-0.2, -0.15) is 0 Å². The molecule has 0 spiro atoms. The predicted molar refractivity (Wildman–Crippen MR) is 82.2 cm³/mol. The summed E-state index contributed by atoms with van der Waals surface area (Å²) in [4.78, 5) is 23.2. The second-order valence-electron chi connectivity index (χ2n) is 5.28. The zero-order valence-corrected chi connectivity index (χ0v) is 12.8. The molecule has 0 saturated heterocycles. The largest absolute Gasteiger partial charge is 0.345 e. The minimum absolute atomic E-state index is 0.0397. The molecular weight excluding hydrogens is 290 g/mol. The summed E-state index contributed by atoms with van der Waals surface area (Å²) >= 11 is 6.07. The number of rotatable bonds is 4. The number of carbonyl (C=O) groups excluding carboxylic acids is 2. The van der Waals surface area contributed by atoms with Crippen LogP contribution in [-0.2, 0) is 10.3 Å². The zero-order valence-electron chi connectivity index (χ0n) is 12.0. The van der Waals surface area contributed by atoms with Crippen molar-refractivity contribution in [2.24, 2.45) is 0 Å². The van der Waals surface area contributed by atoms with E-state index in [0.29, 0.717) is 5.02 Å². The maximum atomic E-state index is 12.1. The molecule has 1 aliphatic rings. The Kier molecular flexibility index (Phi) is 5.07. The quantitative estimate of drug-likeness (QED) is 0.797. The summed E-state index contributed by atoms with van der Waals surface area (Å²) in [5, 5.41) is 8.65. The number of carbonyl (C=O) groups is 2. The molecule has 0 atom stereocenters. The average Bonchev–Trinajstić information content (AvgIpc) is 2.94. The first-order valence-corrected chi connectivity index (χ1v) is 7.46. The molecule has 2 rings (SSSR count). The molecule has 21 heavy (non-hydrogen) atoms. The molecule has 0 unspecified atom stereocenters. The van der Waals surface area contributed by atoms with Gasteiger partial charge in [-0.05, 0) is 30.5 Å². The lowest BCUT2D eigenvalue weighted by Crippen LogP contribution is -2.48. The third-order valence-corrected chi connectivity index (χ3v) is 4.08. The van der Waals surface area contributed by atoms with Crippen LogP contribution in [0.1, 0.15) is 31.2 Å². The van der Waals surface area contributed by atoms with Crippen LogP contribution in [0.15, 0.2) is 24.3 Å². The minimum atomic E-state index is -0.369. The Morgan fingerprint density at radius 1 is 1.29 bits per heavy atom. The van der Waals surface area contributed by atoms with Crippen LogP contribution in [0.3, 0.4) is 0 Å². The zero-order chi connectivity index (χ0) is 15.3. The van der Waals surface area contributed by atoms with Crippen molar-refractivity contribution in [2.75, 3.05) is 13.6 Å². The summed E-state index contributed by atoms with van der Waals surface area (Å²) in [5.74, 6) is -0.194. The lowest BCUT2D eigenvalue weighted by Gasteiger charge is -2.31. The predicted octanol–water partition coefficient (Wildman–Crippen LogP) is 2.15. The van der Waals surface area contributed by atoms with Gasteiger partial charge >= 0.3 is 6.03 Å². The van der Waals surface area contributed by atoms with Crippen LogP contribution in [0.25, 0.3) is 0 Å². The number of benzene rings is 1. The topological polar surface area (TPSA) is 70.2 Å². The van der Waals surface area contributed by atoms with Crippen molar-refractivity contribution < 1.29 is 9.59 Å². The first kappa shape index (κ1) is 15.6. The summed E-state index contributed by atoms with van der Waals surface area (Å²) in [6.07, 6.45) is 3.91. The SMILES string of the molecule is CNC(=O)NCC(=O)NC1(c2cccc(Cl)c2)CCCC1. The van der Waals surface area contributed by atoms with Gasteiger partial charge in [-0.15, -0.1) is 0 Å². The lowest BCUT2D eigenvalue weighted by molar-refractivity contribution is -0.122. The van der Waals surface area contributed by atoms with Gasteiger partial charge in [0.1, 0.15) is 0 Å². The van der Waals surface area contributed by atoms with E-state index in [9.17, 15) is 9.59 Å². The minimum Gasteiger partial charge on any atom is -0.345 e. The first-order chi connectivity index (χ1) is 10.1. The van der Waals surface area contributed by atoms with Gasteiger partial charge in [0.2, 0.25) is 5.91 Å². The molecule has 1 saturated carbocycles. The van der Waals surface area contributed by atoms with Crippen molar-refractivity contribution in [1.29, 1.82) is 0 Å². The molecule has 0 aliphatic heterocycles. The summed E-state index contributed by atoms with van der Waals surface area (Å²) in [5.41, 5.74) is 0.660. The van der Waals surface area contributed by atoms with E-state index in [1.165, 1.54) is 7.05 Å². The van der Waals surface area contributed by atoms with Gasteiger partial charge in [0, 0.05) is 12.1 Å². The normalized spacial score (nSPS) is 16.3. The molecule has 0 bridgehead atoms. The Morgan fingerprint density at radius 3 is 2.62 bits per heavy atom. The molecule has 3 amide bonds. The van der Waals surface area contributed by atoms with Crippen LogP contribution in [0.2, 0.25) is 5.02 Å². The summed E-state index contributed by atoms with van der Waals surface area (Å²) in [6, 6.07) is 7.24. The smallest absolute Gasteiger partial charge is 0.314 e. The van der Waals surface area contributed by atoms with E-state index in [1.807, 2.05) is 24.3 Å². The Balaban J connectivity index is 2.08. The van der Waals surface area contributed by atoms with Gasteiger partial charge in [-0.25, -0.2) is 4.79 Å². The molecule has 6 heteroatoms. The third-order valence-electron chi connectivity index (χ3n) is 3.85. The molecule has 114 valence electrons. The van der Waals surface area contributed by atoms with Crippen molar-refractivity contribution in [1.82, 2.24) is 16.0 Å². The van der Waals surface area contributed by atoms with Crippen molar-refractivity contribution in [3.8, 4) is 0 Å². The second kappa shape index (κ2) is 6.80. The summed E-state index contributed by atoms with van der Waals surface area (Å²) < 4.78 is 0. The first-order valence-electron chi connectivity index (χ1n) is 7.08. The monoisotopic (exact) mass is 309 g/mol. The van der Waals surface area contributed by atoms with Crippen molar-refractivity contribution in [3.63, 3.8) is 0 Å². The Hall–Kier alpha value is -1.75. The van der Waals surface area contributed by atoms with E-state index in [0.717, 1.165) is 31.2 Å². The number of hydrogen-bond donors (Lipinski definition) is 3. The van der Waals surface area contributed by atoms with Gasteiger partial charge < -0.3 is 16.0 Å². The van der Waals surface area contributed by atoms with Gasteiger partial charge in [-0.3, -0.25) is 4.79 Å². The highest BCUT2D eigenvalue weighted by molar-refractivity contribution is 6.30. The standard InChI is InChI=1S/C15H20ClN3O2/c1-17-14(21)18-10-13(20)19-15(7-2-3-8-15)11-5-4-6-12(16)9-11/h4-6,9H,2-3,7-8,10H2,1H3,(H,19,20)(H2,17,18,21). The van der Waals surface area contributed by atoms with Crippen LogP contribution >= 0.6 is 11.6 Å². The van der Waals surface area contributed by atoms with Crippen LogP contribution in [-0.4, -0.2) is 25.5 Å². The fourth-order valence-corrected chi connectivity index (χ4v) is 3.00. The van der Waals surface area contributed by atoms with E-state index in [1.54, 1.807) is 0 Å². The highest BCUT2D eigenvalue weighted by Crippen LogP contribution is 2.39. The van der Waals surface area contributed by atoms with Crippen LogP contribution in [0.4, 0.5) is 4.79 Å². The molecule has 1 aromatic carbocycles. The Morgan fingerprint density at radius 2 is 2.00 bits per heavy atom. The van der Waals surface area contributed by atoms with E-state index in [-0.39, 0.29) is 24.0 Å². The van der Waals surface area contributed by atoms with Crippen molar-refractivity contribution in [3.05, 3.63) is 34.9 Å². The highest BCUT2D eigenvalue weighted by atomic mass is 35.5. The molecular formula is C15H20ClN3O2. The molecule has 0 heterocycles. The Bertz CT molecular complexity index is 527. The van der Waals surface area contributed by atoms with E-state index in [4.69, 9.17) is 11.6 Å². The molecule has 1 aliphatic carbocycles. The number of amides is 3. The van der Waals surface area contributed by atoms with Crippen molar-refractivity contribution >= 4 is 23.5 Å². The fraction of sp³-hybridized carbons (Fsp3) is 0.467. The van der Waals surface area contributed by atoms with Gasteiger partial charge in [0.15, 0.2) is 0 Å². The van der Waals surface area contributed by atoms with E-state index in [2.05, 4.69) is 16.0 Å². The molecule has 0 radical (unpaired) electrons. The van der Waals surface area contributed by atoms with E-state index < -0.39 is 0 Å². The second-order valence-corrected chi connectivity index (χ2v) is 5.72. The average molecular weight is 310 g/mol. The van der Waals surface area contributed by atoms with E-state index >= 15 is 0 Å². The van der Waals surface area contributed by atoms with Crippen LogP contribution in [0.5, 0.6) is 0 Å². The molecule has 5 nitrogen and oxygen atoms in total. The molecule has 0 aromatic heterocycles. The fourth-order valence-electron chi connectivity index (χ4n) is 2.81. The number of hydrogen-bond acceptors (Lipinski definition) is 2. The van der Waals surface area contributed by atoms with Crippen LogP contribution in [0, 0.1) is 0 Å². The maximum absolute atomic E-state index is 12.1. The van der Waals surface area contributed by atoms with Gasteiger partial charge in [-0.1, -0.05) is 36.6 Å². The number of nitrogens with one attached hydrogen (secondary N) is 3.